The molecule has 0 aliphatic carbocycles. The number of fused-ring (bicyclic) bond motifs is 1. The van der Waals surface area contributed by atoms with Gasteiger partial charge in [0.25, 0.3) is 0 Å². The van der Waals surface area contributed by atoms with Gasteiger partial charge in [-0.05, 0) is 43.6 Å². The van der Waals surface area contributed by atoms with E-state index in [1.54, 1.807) is 0 Å². The minimum Gasteiger partial charge on any atom is -0.493 e. The first-order valence-corrected chi connectivity index (χ1v) is 9.63. The maximum atomic E-state index is 6.34. The first kappa shape index (κ1) is 17.4. The van der Waals surface area contributed by atoms with Gasteiger partial charge in [0.2, 0.25) is 0 Å². The maximum absolute atomic E-state index is 6.34. The van der Waals surface area contributed by atoms with Gasteiger partial charge in [0.15, 0.2) is 0 Å². The van der Waals surface area contributed by atoms with E-state index in [1.165, 1.54) is 12.0 Å². The average molecular weight is 366 g/mol. The molecule has 26 heavy (non-hydrogen) atoms. The number of halogens is 1. The molecule has 134 valence electrons. The van der Waals surface area contributed by atoms with Crippen molar-refractivity contribution in [2.24, 2.45) is 5.92 Å². The monoisotopic (exact) mass is 365 g/mol. The van der Waals surface area contributed by atoms with Gasteiger partial charge in [-0.2, -0.15) is 0 Å². The lowest BCUT2D eigenvalue weighted by atomic mass is 9.81. The highest BCUT2D eigenvalue weighted by molar-refractivity contribution is 6.35. The lowest BCUT2D eigenvalue weighted by molar-refractivity contribution is 0.130. The summed E-state index contributed by atoms with van der Waals surface area (Å²) >= 11 is 6.34. The fraction of sp³-hybridized carbons (Fsp3) is 0.304. The number of rotatable bonds is 4. The van der Waals surface area contributed by atoms with Gasteiger partial charge in [-0.1, -0.05) is 66.2 Å². The lowest BCUT2D eigenvalue weighted by Gasteiger charge is -2.37. The Balaban J connectivity index is 1.56. The number of hydrogen-bond donors (Lipinski definition) is 0. The van der Waals surface area contributed by atoms with Crippen LogP contribution >= 0.6 is 11.6 Å². The molecule has 0 saturated carbocycles. The average Bonchev–Trinajstić information content (AvgIpc) is 2.68. The Bertz CT molecular complexity index is 880. The largest absolute Gasteiger partial charge is 0.493 e. The van der Waals surface area contributed by atoms with Crippen molar-refractivity contribution >= 4 is 22.4 Å². The molecule has 1 saturated heterocycles. The number of hydrogen-bond acceptors (Lipinski definition) is 2. The molecule has 1 heterocycles. The molecular weight excluding hydrogens is 342 g/mol. The van der Waals surface area contributed by atoms with Crippen LogP contribution in [0.25, 0.3) is 10.8 Å². The number of nitrogens with zero attached hydrogens (tertiary/aromatic N) is 1. The van der Waals surface area contributed by atoms with Gasteiger partial charge in [-0.3, -0.25) is 0 Å². The van der Waals surface area contributed by atoms with Crippen LogP contribution in [0.4, 0.5) is 0 Å². The summed E-state index contributed by atoms with van der Waals surface area (Å²) < 4.78 is 6.33. The minimum absolute atomic E-state index is 0.477. The molecule has 1 aliphatic rings. The zero-order valence-electron chi connectivity index (χ0n) is 15.1. The zero-order chi connectivity index (χ0) is 17.9. The highest BCUT2D eigenvalue weighted by atomic mass is 35.5. The Morgan fingerprint density at radius 2 is 1.69 bits per heavy atom. The summed E-state index contributed by atoms with van der Waals surface area (Å²) in [4.78, 5) is 2.41. The quantitative estimate of drug-likeness (QED) is 0.596. The minimum atomic E-state index is 0.477. The van der Waals surface area contributed by atoms with Crippen molar-refractivity contribution in [1.29, 1.82) is 0 Å². The highest BCUT2D eigenvalue weighted by Gasteiger charge is 2.29. The Hall–Kier alpha value is -2.03. The molecule has 0 unspecified atom stereocenters. The lowest BCUT2D eigenvalue weighted by Crippen LogP contribution is -2.39. The first-order valence-electron chi connectivity index (χ1n) is 9.26. The molecule has 1 aliphatic heterocycles. The molecule has 0 radical (unpaired) electrons. The van der Waals surface area contributed by atoms with Crippen molar-refractivity contribution in [2.75, 3.05) is 26.7 Å². The van der Waals surface area contributed by atoms with Crippen LogP contribution in [0.5, 0.6) is 5.75 Å². The molecule has 3 aromatic carbocycles. The molecule has 4 rings (SSSR count). The molecule has 0 aromatic heterocycles. The van der Waals surface area contributed by atoms with Crippen LogP contribution in [0.15, 0.2) is 66.7 Å². The predicted molar refractivity (Wildman–Crippen MR) is 109 cm³/mol. The summed E-state index contributed by atoms with van der Waals surface area (Å²) in [5, 5.41) is 2.90. The molecule has 2 atom stereocenters. The third kappa shape index (κ3) is 3.58. The second kappa shape index (κ2) is 7.69. The highest BCUT2D eigenvalue weighted by Crippen LogP contribution is 2.35. The van der Waals surface area contributed by atoms with Crippen molar-refractivity contribution < 1.29 is 4.74 Å². The second-order valence-corrected chi connectivity index (χ2v) is 7.64. The van der Waals surface area contributed by atoms with Crippen LogP contribution in [0.3, 0.4) is 0 Å². The maximum Gasteiger partial charge on any atom is 0.127 e. The van der Waals surface area contributed by atoms with Crippen LogP contribution in [0.1, 0.15) is 17.9 Å². The van der Waals surface area contributed by atoms with E-state index >= 15 is 0 Å². The molecule has 2 nitrogen and oxygen atoms in total. The van der Waals surface area contributed by atoms with Crippen LogP contribution < -0.4 is 4.74 Å². The summed E-state index contributed by atoms with van der Waals surface area (Å²) in [6.07, 6.45) is 1.18. The fourth-order valence-corrected chi connectivity index (χ4v) is 4.31. The van der Waals surface area contributed by atoms with E-state index in [1.807, 2.05) is 30.3 Å². The van der Waals surface area contributed by atoms with E-state index < -0.39 is 0 Å². The van der Waals surface area contributed by atoms with E-state index in [0.29, 0.717) is 11.8 Å². The zero-order valence-corrected chi connectivity index (χ0v) is 15.8. The van der Waals surface area contributed by atoms with Gasteiger partial charge in [0.1, 0.15) is 5.75 Å². The summed E-state index contributed by atoms with van der Waals surface area (Å²) in [5.41, 5.74) is 1.43. The summed E-state index contributed by atoms with van der Waals surface area (Å²) in [5.74, 6) is 1.95. The number of benzene rings is 3. The molecule has 1 fully saturated rings. The van der Waals surface area contributed by atoms with Crippen LogP contribution in [0, 0.1) is 5.92 Å². The molecule has 3 heteroatoms. The van der Waals surface area contributed by atoms with E-state index in [-0.39, 0.29) is 0 Å². The smallest absolute Gasteiger partial charge is 0.127 e. The standard InChI is InChI=1S/C23H24ClNO/c1-25-14-13-19(17-7-3-2-4-8-17)18(15-25)16-26-23-12-11-22(24)20-9-5-6-10-21(20)23/h2-12,18-19H,13-16H2,1H3/t18-,19-/m1/s1. The number of likely N-dealkylation sites (tertiary alicyclic amines) is 1. The summed E-state index contributed by atoms with van der Waals surface area (Å²) in [6.45, 7) is 2.92. The van der Waals surface area contributed by atoms with Crippen molar-refractivity contribution in [1.82, 2.24) is 4.90 Å². The predicted octanol–water partition coefficient (Wildman–Crippen LogP) is 5.61. The third-order valence-corrected chi connectivity index (χ3v) is 5.78. The van der Waals surface area contributed by atoms with Gasteiger partial charge in [-0.25, -0.2) is 0 Å². The molecule has 3 aromatic rings. The van der Waals surface area contributed by atoms with Gasteiger partial charge in [0.05, 0.1) is 6.61 Å². The molecule has 0 N–H and O–H groups in total. The van der Waals surface area contributed by atoms with Gasteiger partial charge in [0, 0.05) is 28.3 Å². The van der Waals surface area contributed by atoms with Crippen LogP contribution in [0.2, 0.25) is 5.02 Å². The first-order chi connectivity index (χ1) is 12.7. The molecule has 0 spiro atoms. The topological polar surface area (TPSA) is 12.5 Å². The Labute approximate surface area is 160 Å². The van der Waals surface area contributed by atoms with Crippen molar-refractivity contribution in [3.05, 3.63) is 77.3 Å². The second-order valence-electron chi connectivity index (χ2n) is 7.23. The van der Waals surface area contributed by atoms with Crippen LogP contribution in [-0.4, -0.2) is 31.6 Å². The van der Waals surface area contributed by atoms with Gasteiger partial charge >= 0.3 is 0 Å². The molecular formula is C23H24ClNO. The SMILES string of the molecule is CN1CC[C@H](c2ccccc2)[C@@H](COc2ccc(Cl)c3ccccc23)C1. The van der Waals surface area contributed by atoms with Crippen LogP contribution in [-0.2, 0) is 0 Å². The van der Waals surface area contributed by atoms with E-state index in [4.69, 9.17) is 16.3 Å². The number of ether oxygens (including phenoxy) is 1. The Morgan fingerprint density at radius 3 is 2.50 bits per heavy atom. The van der Waals surface area contributed by atoms with Crippen molar-refractivity contribution in [3.8, 4) is 5.75 Å². The summed E-state index contributed by atoms with van der Waals surface area (Å²) in [6, 6.07) is 23.0. The summed E-state index contributed by atoms with van der Waals surface area (Å²) in [7, 11) is 2.20. The normalized spacial score (nSPS) is 21.0. The fourth-order valence-electron chi connectivity index (χ4n) is 4.08. The molecule has 0 bridgehead atoms. The van der Waals surface area contributed by atoms with E-state index in [9.17, 15) is 0 Å². The van der Waals surface area contributed by atoms with E-state index in [0.717, 1.165) is 41.2 Å². The van der Waals surface area contributed by atoms with Crippen molar-refractivity contribution in [3.63, 3.8) is 0 Å². The number of piperidine rings is 1. The Morgan fingerprint density at radius 1 is 0.962 bits per heavy atom. The molecule has 0 amide bonds. The van der Waals surface area contributed by atoms with Crippen molar-refractivity contribution in [2.45, 2.75) is 12.3 Å². The van der Waals surface area contributed by atoms with Gasteiger partial charge in [-0.15, -0.1) is 0 Å². The Kier molecular flexibility index (Phi) is 5.14. The third-order valence-electron chi connectivity index (χ3n) is 5.45. The van der Waals surface area contributed by atoms with Gasteiger partial charge < -0.3 is 9.64 Å². The van der Waals surface area contributed by atoms with E-state index in [2.05, 4.69) is 48.3 Å².